The van der Waals surface area contributed by atoms with Crippen molar-refractivity contribution in [1.82, 2.24) is 0 Å². The van der Waals surface area contributed by atoms with Gasteiger partial charge in [-0.15, -0.1) is 0 Å². The molecule has 3 N–H and O–H groups in total. The van der Waals surface area contributed by atoms with Gasteiger partial charge >= 0.3 is 11.9 Å². The van der Waals surface area contributed by atoms with Crippen molar-refractivity contribution in [2.75, 3.05) is 0 Å². The molecule has 1 atom stereocenters. The second kappa shape index (κ2) is 4.76. The van der Waals surface area contributed by atoms with E-state index < -0.39 is 18.0 Å². The van der Waals surface area contributed by atoms with Crippen molar-refractivity contribution in [3.63, 3.8) is 0 Å². The van der Waals surface area contributed by atoms with Gasteiger partial charge in [-0.25, -0.2) is 9.59 Å². The third-order valence-corrected chi connectivity index (χ3v) is 2.08. The predicted molar refractivity (Wildman–Crippen MR) is 55.7 cm³/mol. The lowest BCUT2D eigenvalue weighted by Gasteiger charge is -2.07. The van der Waals surface area contributed by atoms with Crippen molar-refractivity contribution in [3.8, 4) is 0 Å². The number of carboxylic acid groups (broad SMARTS) is 2. The van der Waals surface area contributed by atoms with Crippen molar-refractivity contribution >= 4 is 11.9 Å². The molecule has 0 aliphatic rings. The lowest BCUT2D eigenvalue weighted by molar-refractivity contribution is 0.0651. The van der Waals surface area contributed by atoms with E-state index in [1.807, 2.05) is 0 Å². The zero-order valence-electron chi connectivity index (χ0n) is 8.67. The van der Waals surface area contributed by atoms with Gasteiger partial charge in [0.2, 0.25) is 0 Å². The number of carbonyl (C=O) groups is 2. The quantitative estimate of drug-likeness (QED) is 0.709. The highest BCUT2D eigenvalue weighted by Gasteiger charge is 2.16. The van der Waals surface area contributed by atoms with Gasteiger partial charge in [0.15, 0.2) is 0 Å². The average Bonchev–Trinajstić information content (AvgIpc) is 2.16. The Morgan fingerprint density at radius 1 is 1.19 bits per heavy atom. The van der Waals surface area contributed by atoms with Gasteiger partial charge in [0, 0.05) is 0 Å². The summed E-state index contributed by atoms with van der Waals surface area (Å²) in [7, 11) is 0. The molecule has 0 aliphatic carbocycles. The Morgan fingerprint density at radius 3 is 2.19 bits per heavy atom. The summed E-state index contributed by atoms with van der Waals surface area (Å²) in [5.41, 5.74) is 0.0879. The van der Waals surface area contributed by atoms with Crippen LogP contribution in [0.25, 0.3) is 0 Å². The van der Waals surface area contributed by atoms with Crippen molar-refractivity contribution in [3.05, 3.63) is 34.9 Å². The fraction of sp³-hybridized carbons (Fsp3) is 0.273. The zero-order chi connectivity index (χ0) is 12.3. The molecule has 0 radical (unpaired) electrons. The topological polar surface area (TPSA) is 94.8 Å². The summed E-state index contributed by atoms with van der Waals surface area (Å²) < 4.78 is 0. The molecule has 1 aromatic rings. The lowest BCUT2D eigenvalue weighted by Crippen LogP contribution is -2.10. The van der Waals surface area contributed by atoms with Gasteiger partial charge in [-0.3, -0.25) is 0 Å². The van der Waals surface area contributed by atoms with Crippen LogP contribution in [0.5, 0.6) is 0 Å². The summed E-state index contributed by atoms with van der Waals surface area (Å²) in [5, 5.41) is 26.8. The second-order valence-electron chi connectivity index (χ2n) is 3.54. The smallest absolute Gasteiger partial charge is 0.336 e. The number of hydrogen-bond donors (Lipinski definition) is 3. The molecule has 0 heterocycles. The molecule has 0 spiro atoms. The molecular formula is C11H12O5. The maximum absolute atomic E-state index is 10.8. The third-order valence-electron chi connectivity index (χ3n) is 2.08. The van der Waals surface area contributed by atoms with Crippen LogP contribution in [0.3, 0.4) is 0 Å². The first-order valence-electron chi connectivity index (χ1n) is 4.69. The van der Waals surface area contributed by atoms with Crippen LogP contribution in [0, 0.1) is 0 Å². The van der Waals surface area contributed by atoms with E-state index >= 15 is 0 Å². The van der Waals surface area contributed by atoms with E-state index in [0.29, 0.717) is 12.0 Å². The fourth-order valence-electron chi connectivity index (χ4n) is 1.42. The molecule has 5 nitrogen and oxygen atoms in total. The maximum atomic E-state index is 10.8. The van der Waals surface area contributed by atoms with Crippen molar-refractivity contribution in [1.29, 1.82) is 0 Å². The molecule has 0 saturated heterocycles. The molecular weight excluding hydrogens is 212 g/mol. The van der Waals surface area contributed by atoms with Gasteiger partial charge in [0.05, 0.1) is 17.2 Å². The lowest BCUT2D eigenvalue weighted by atomic mass is 10.0. The second-order valence-corrected chi connectivity index (χ2v) is 3.54. The van der Waals surface area contributed by atoms with Crippen LogP contribution < -0.4 is 0 Å². The van der Waals surface area contributed by atoms with Crippen LogP contribution in [0.15, 0.2) is 18.2 Å². The van der Waals surface area contributed by atoms with E-state index in [9.17, 15) is 9.59 Å². The van der Waals surface area contributed by atoms with Crippen LogP contribution in [-0.4, -0.2) is 33.4 Å². The number of benzene rings is 1. The molecule has 1 aromatic carbocycles. The summed E-state index contributed by atoms with van der Waals surface area (Å²) in [6, 6.07) is 4.02. The molecule has 0 aromatic heterocycles. The van der Waals surface area contributed by atoms with Crippen LogP contribution >= 0.6 is 0 Å². The van der Waals surface area contributed by atoms with Crippen molar-refractivity contribution < 1.29 is 24.9 Å². The normalized spacial score (nSPS) is 12.1. The molecule has 86 valence electrons. The minimum absolute atomic E-state index is 0.248. The Kier molecular flexibility index (Phi) is 3.63. The van der Waals surface area contributed by atoms with E-state index in [-0.39, 0.29) is 11.1 Å². The fourth-order valence-corrected chi connectivity index (χ4v) is 1.42. The number of hydrogen-bond acceptors (Lipinski definition) is 3. The number of aliphatic hydroxyl groups is 1. The Hall–Kier alpha value is -1.88. The van der Waals surface area contributed by atoms with Gasteiger partial charge in [0.25, 0.3) is 0 Å². The largest absolute Gasteiger partial charge is 0.478 e. The highest BCUT2D eigenvalue weighted by atomic mass is 16.4. The first kappa shape index (κ1) is 12.2. The maximum Gasteiger partial charge on any atom is 0.336 e. The standard InChI is InChI=1S/C11H12O5/c1-6(12)4-7-2-3-8(10(13)14)9(5-7)11(15)16/h2-3,5-6,12H,4H2,1H3,(H,13,14)(H,15,16). The van der Waals surface area contributed by atoms with E-state index in [2.05, 4.69) is 0 Å². The Balaban J connectivity index is 3.17. The molecule has 1 unspecified atom stereocenters. The highest BCUT2D eigenvalue weighted by molar-refractivity contribution is 6.01. The number of carboxylic acids is 2. The predicted octanol–water partition coefficient (Wildman–Crippen LogP) is 1.01. The van der Waals surface area contributed by atoms with Crippen LogP contribution in [-0.2, 0) is 6.42 Å². The number of aromatic carboxylic acids is 2. The van der Waals surface area contributed by atoms with E-state index in [1.165, 1.54) is 18.2 Å². The monoisotopic (exact) mass is 224 g/mol. The SMILES string of the molecule is CC(O)Cc1ccc(C(=O)O)c(C(=O)O)c1. The van der Waals surface area contributed by atoms with E-state index in [1.54, 1.807) is 6.92 Å². The highest BCUT2D eigenvalue weighted by Crippen LogP contribution is 2.14. The Labute approximate surface area is 92.0 Å². The average molecular weight is 224 g/mol. The minimum Gasteiger partial charge on any atom is -0.478 e. The molecule has 5 heteroatoms. The van der Waals surface area contributed by atoms with Gasteiger partial charge in [0.1, 0.15) is 0 Å². The minimum atomic E-state index is -1.29. The summed E-state index contributed by atoms with van der Waals surface area (Å²) in [6.45, 7) is 1.57. The van der Waals surface area contributed by atoms with Crippen molar-refractivity contribution in [2.24, 2.45) is 0 Å². The van der Waals surface area contributed by atoms with Gasteiger partial charge < -0.3 is 15.3 Å². The molecule has 16 heavy (non-hydrogen) atoms. The first-order chi connectivity index (χ1) is 7.41. The summed E-state index contributed by atoms with van der Waals surface area (Å²) in [5.74, 6) is -2.56. The first-order valence-corrected chi connectivity index (χ1v) is 4.69. The number of aliphatic hydroxyl groups excluding tert-OH is 1. The summed E-state index contributed by atoms with van der Waals surface area (Å²) in [4.78, 5) is 21.6. The molecule has 0 saturated carbocycles. The van der Waals surface area contributed by atoms with Crippen LogP contribution in [0.2, 0.25) is 0 Å². The Bertz CT molecular complexity index is 422. The van der Waals surface area contributed by atoms with Gasteiger partial charge in [-0.2, -0.15) is 0 Å². The van der Waals surface area contributed by atoms with Gasteiger partial charge in [-0.05, 0) is 31.0 Å². The molecule has 0 fully saturated rings. The van der Waals surface area contributed by atoms with Crippen LogP contribution in [0.1, 0.15) is 33.2 Å². The van der Waals surface area contributed by atoms with E-state index in [4.69, 9.17) is 15.3 Å². The third kappa shape index (κ3) is 2.80. The number of rotatable bonds is 4. The summed E-state index contributed by atoms with van der Waals surface area (Å²) >= 11 is 0. The molecule has 0 aliphatic heterocycles. The molecule has 1 rings (SSSR count). The van der Waals surface area contributed by atoms with Gasteiger partial charge in [-0.1, -0.05) is 6.07 Å². The Morgan fingerprint density at radius 2 is 1.75 bits per heavy atom. The molecule has 0 amide bonds. The zero-order valence-corrected chi connectivity index (χ0v) is 8.67. The molecule has 0 bridgehead atoms. The summed E-state index contributed by atoms with van der Waals surface area (Å²) in [6.07, 6.45) is -0.308. The van der Waals surface area contributed by atoms with E-state index in [0.717, 1.165) is 0 Å². The van der Waals surface area contributed by atoms with Crippen LogP contribution in [0.4, 0.5) is 0 Å². The van der Waals surface area contributed by atoms with Crippen molar-refractivity contribution in [2.45, 2.75) is 19.4 Å².